The summed E-state index contributed by atoms with van der Waals surface area (Å²) in [5.41, 5.74) is 0.734. The molecule has 4 rings (SSSR count). The third-order valence-electron chi connectivity index (χ3n) is 3.80. The molecule has 1 amide bonds. The SMILES string of the molecule is O=C(Cn1cnc2ccc(Br)cc2c1=O)Nc1cccnc1-n1cncn1. The van der Waals surface area contributed by atoms with E-state index >= 15 is 0 Å². The Morgan fingerprint density at radius 2 is 2.07 bits per heavy atom. The Morgan fingerprint density at radius 1 is 1.19 bits per heavy atom. The molecule has 0 fully saturated rings. The number of aromatic nitrogens is 6. The molecule has 0 aliphatic heterocycles. The number of pyridine rings is 1. The van der Waals surface area contributed by atoms with Crippen LogP contribution in [0.25, 0.3) is 16.7 Å². The number of amides is 1. The molecule has 1 N–H and O–H groups in total. The molecule has 27 heavy (non-hydrogen) atoms. The zero-order chi connectivity index (χ0) is 18.8. The highest BCUT2D eigenvalue weighted by atomic mass is 79.9. The Labute approximate surface area is 160 Å². The largest absolute Gasteiger partial charge is 0.321 e. The fourth-order valence-corrected chi connectivity index (χ4v) is 2.94. The van der Waals surface area contributed by atoms with Crippen molar-refractivity contribution >= 4 is 38.4 Å². The summed E-state index contributed by atoms with van der Waals surface area (Å²) in [7, 11) is 0. The first kappa shape index (κ1) is 17.0. The van der Waals surface area contributed by atoms with Crippen molar-refractivity contribution in [3.8, 4) is 5.82 Å². The van der Waals surface area contributed by atoms with Gasteiger partial charge in [0.2, 0.25) is 5.91 Å². The zero-order valence-electron chi connectivity index (χ0n) is 13.8. The van der Waals surface area contributed by atoms with E-state index in [1.54, 1.807) is 36.5 Å². The second-order valence-electron chi connectivity index (χ2n) is 5.60. The molecule has 0 spiro atoms. The maximum Gasteiger partial charge on any atom is 0.261 e. The molecule has 0 saturated heterocycles. The van der Waals surface area contributed by atoms with Gasteiger partial charge in [-0.25, -0.2) is 19.6 Å². The van der Waals surface area contributed by atoms with Crippen molar-refractivity contribution in [1.82, 2.24) is 29.3 Å². The Kier molecular flexibility index (Phi) is 4.47. The number of nitrogens with zero attached hydrogens (tertiary/aromatic N) is 6. The van der Waals surface area contributed by atoms with E-state index in [0.29, 0.717) is 22.4 Å². The standard InChI is InChI=1S/C17H12BrN7O2/c18-11-3-4-13-12(6-11)17(27)24(10-21-13)7-15(26)23-14-2-1-5-20-16(14)25-9-19-8-22-25/h1-6,8-10H,7H2,(H,23,26). The Bertz CT molecular complexity index is 1190. The average Bonchev–Trinajstić information content (AvgIpc) is 3.19. The minimum Gasteiger partial charge on any atom is -0.321 e. The van der Waals surface area contributed by atoms with Gasteiger partial charge in [0, 0.05) is 10.7 Å². The summed E-state index contributed by atoms with van der Waals surface area (Å²) in [4.78, 5) is 37.4. The highest BCUT2D eigenvalue weighted by Crippen LogP contribution is 2.16. The summed E-state index contributed by atoms with van der Waals surface area (Å²) in [6, 6.07) is 8.62. The summed E-state index contributed by atoms with van der Waals surface area (Å²) < 4.78 is 3.47. The first-order valence-corrected chi connectivity index (χ1v) is 8.66. The quantitative estimate of drug-likeness (QED) is 0.533. The molecule has 0 unspecified atom stereocenters. The first-order valence-electron chi connectivity index (χ1n) is 7.86. The van der Waals surface area contributed by atoms with Crippen LogP contribution in [0, 0.1) is 0 Å². The Hall–Kier alpha value is -3.40. The lowest BCUT2D eigenvalue weighted by Crippen LogP contribution is -2.28. The van der Waals surface area contributed by atoms with Gasteiger partial charge in [0.25, 0.3) is 5.56 Å². The van der Waals surface area contributed by atoms with Crippen molar-refractivity contribution < 1.29 is 4.79 Å². The second kappa shape index (κ2) is 7.08. The van der Waals surface area contributed by atoms with Gasteiger partial charge in [-0.1, -0.05) is 15.9 Å². The fourth-order valence-electron chi connectivity index (χ4n) is 2.58. The molecule has 0 saturated carbocycles. The molecular formula is C17H12BrN7O2. The van der Waals surface area contributed by atoms with Gasteiger partial charge in [-0.2, -0.15) is 5.10 Å². The predicted octanol–water partition coefficient (Wildman–Crippen LogP) is 1.77. The van der Waals surface area contributed by atoms with Crippen molar-refractivity contribution in [3.05, 3.63) is 70.3 Å². The highest BCUT2D eigenvalue weighted by molar-refractivity contribution is 9.10. The van der Waals surface area contributed by atoms with E-state index in [0.717, 1.165) is 4.47 Å². The van der Waals surface area contributed by atoms with Crippen LogP contribution in [-0.4, -0.2) is 35.2 Å². The second-order valence-corrected chi connectivity index (χ2v) is 6.52. The smallest absolute Gasteiger partial charge is 0.261 e. The van der Waals surface area contributed by atoms with E-state index in [1.165, 1.54) is 28.2 Å². The number of hydrogen-bond acceptors (Lipinski definition) is 6. The van der Waals surface area contributed by atoms with Gasteiger partial charge in [-0.3, -0.25) is 14.2 Å². The third-order valence-corrected chi connectivity index (χ3v) is 4.29. The third kappa shape index (κ3) is 3.47. The van der Waals surface area contributed by atoms with Gasteiger partial charge in [0.15, 0.2) is 5.82 Å². The van der Waals surface area contributed by atoms with Crippen molar-refractivity contribution in [3.63, 3.8) is 0 Å². The van der Waals surface area contributed by atoms with Crippen LogP contribution in [0.15, 0.2) is 64.8 Å². The maximum atomic E-state index is 12.6. The molecule has 0 radical (unpaired) electrons. The highest BCUT2D eigenvalue weighted by Gasteiger charge is 2.12. The Balaban J connectivity index is 1.60. The number of anilines is 1. The van der Waals surface area contributed by atoms with Gasteiger partial charge >= 0.3 is 0 Å². The van der Waals surface area contributed by atoms with Crippen molar-refractivity contribution in [2.75, 3.05) is 5.32 Å². The molecule has 9 nitrogen and oxygen atoms in total. The molecule has 3 heterocycles. The van der Waals surface area contributed by atoms with Crippen molar-refractivity contribution in [2.24, 2.45) is 0 Å². The van der Waals surface area contributed by atoms with Crippen LogP contribution in [0.3, 0.4) is 0 Å². The predicted molar refractivity (Wildman–Crippen MR) is 101 cm³/mol. The molecule has 3 aromatic heterocycles. The van der Waals surface area contributed by atoms with E-state index in [-0.39, 0.29) is 18.0 Å². The topological polar surface area (TPSA) is 108 Å². The number of carbonyl (C=O) groups excluding carboxylic acids is 1. The van der Waals surface area contributed by atoms with Gasteiger partial charge in [0.05, 0.1) is 22.9 Å². The zero-order valence-corrected chi connectivity index (χ0v) is 15.4. The first-order chi connectivity index (χ1) is 13.1. The Morgan fingerprint density at radius 3 is 2.89 bits per heavy atom. The summed E-state index contributed by atoms with van der Waals surface area (Å²) >= 11 is 3.34. The van der Waals surface area contributed by atoms with Crippen LogP contribution < -0.4 is 10.9 Å². The van der Waals surface area contributed by atoms with Crippen LogP contribution in [-0.2, 0) is 11.3 Å². The number of halogens is 1. The lowest BCUT2D eigenvalue weighted by molar-refractivity contribution is -0.116. The maximum absolute atomic E-state index is 12.6. The van der Waals surface area contributed by atoms with E-state index in [9.17, 15) is 9.59 Å². The van der Waals surface area contributed by atoms with E-state index in [1.807, 2.05) is 0 Å². The molecule has 0 aliphatic rings. The number of nitrogens with one attached hydrogen (secondary N) is 1. The van der Waals surface area contributed by atoms with Crippen LogP contribution in [0.2, 0.25) is 0 Å². The van der Waals surface area contributed by atoms with E-state index in [4.69, 9.17) is 0 Å². The van der Waals surface area contributed by atoms with Gasteiger partial charge in [-0.15, -0.1) is 0 Å². The minimum absolute atomic E-state index is 0.181. The van der Waals surface area contributed by atoms with Gasteiger partial charge in [0.1, 0.15) is 19.2 Å². The molecule has 1 aromatic carbocycles. The number of carbonyl (C=O) groups is 1. The number of rotatable bonds is 4. The molecule has 0 bridgehead atoms. The van der Waals surface area contributed by atoms with E-state index in [2.05, 4.69) is 41.3 Å². The van der Waals surface area contributed by atoms with Gasteiger partial charge < -0.3 is 5.32 Å². The molecular weight excluding hydrogens is 414 g/mol. The van der Waals surface area contributed by atoms with Crippen LogP contribution in [0.1, 0.15) is 0 Å². The van der Waals surface area contributed by atoms with Gasteiger partial charge in [-0.05, 0) is 30.3 Å². The summed E-state index contributed by atoms with van der Waals surface area (Å²) in [5.74, 6) is 0.0406. The van der Waals surface area contributed by atoms with Crippen LogP contribution in [0.5, 0.6) is 0 Å². The monoisotopic (exact) mass is 425 g/mol. The molecule has 0 aliphatic carbocycles. The number of fused-ring (bicyclic) bond motifs is 1. The molecule has 134 valence electrons. The van der Waals surface area contributed by atoms with Crippen LogP contribution in [0.4, 0.5) is 5.69 Å². The van der Waals surface area contributed by atoms with E-state index < -0.39 is 0 Å². The number of benzene rings is 1. The molecule has 4 aromatic rings. The molecule has 10 heteroatoms. The lowest BCUT2D eigenvalue weighted by Gasteiger charge is -2.11. The van der Waals surface area contributed by atoms with Crippen LogP contribution >= 0.6 is 15.9 Å². The number of hydrogen-bond donors (Lipinski definition) is 1. The summed E-state index contributed by atoms with van der Waals surface area (Å²) in [6.45, 7) is -0.181. The summed E-state index contributed by atoms with van der Waals surface area (Å²) in [5, 5.41) is 7.20. The molecule has 0 atom stereocenters. The normalized spacial score (nSPS) is 10.9. The average molecular weight is 426 g/mol. The minimum atomic E-state index is -0.386. The summed E-state index contributed by atoms with van der Waals surface area (Å²) in [6.07, 6.45) is 5.80. The van der Waals surface area contributed by atoms with Crippen molar-refractivity contribution in [2.45, 2.75) is 6.54 Å². The van der Waals surface area contributed by atoms with Crippen molar-refractivity contribution in [1.29, 1.82) is 0 Å². The fraction of sp³-hybridized carbons (Fsp3) is 0.0588. The lowest BCUT2D eigenvalue weighted by atomic mass is 10.2.